The second-order valence-electron chi connectivity index (χ2n) is 10.4. The van der Waals surface area contributed by atoms with Crippen molar-refractivity contribution >= 4 is 27.8 Å². The van der Waals surface area contributed by atoms with Crippen LogP contribution in [0, 0.1) is 12.8 Å². The molecule has 5 heterocycles. The number of hydrogen-bond acceptors (Lipinski definition) is 5. The zero-order valence-corrected chi connectivity index (χ0v) is 20.1. The van der Waals surface area contributed by atoms with Crippen molar-refractivity contribution in [2.24, 2.45) is 5.92 Å². The Morgan fingerprint density at radius 3 is 2.97 bits per heavy atom. The highest BCUT2D eigenvalue weighted by atomic mass is 16.5. The summed E-state index contributed by atoms with van der Waals surface area (Å²) in [6.07, 6.45) is 6.87. The van der Waals surface area contributed by atoms with E-state index in [1.165, 1.54) is 25.7 Å². The quantitative estimate of drug-likeness (QED) is 0.366. The number of nitrogens with one attached hydrogen (secondary N) is 1. The lowest BCUT2D eigenvalue weighted by atomic mass is 9.74. The Bertz CT molecular complexity index is 1410. The predicted octanol–water partition coefficient (Wildman–Crippen LogP) is 6.11. The van der Waals surface area contributed by atoms with E-state index < -0.39 is 0 Å². The zero-order chi connectivity index (χ0) is 23.6. The van der Waals surface area contributed by atoms with Crippen LogP contribution in [0.4, 0.5) is 0 Å². The summed E-state index contributed by atoms with van der Waals surface area (Å²) in [6, 6.07) is 13.9. The number of ether oxygens (including phenoxy) is 2. The number of H-pyrrole nitrogens is 1. The lowest BCUT2D eigenvalue weighted by molar-refractivity contribution is -0.177. The fraction of sp³-hybridized carbons (Fsp3) is 0.414. The molecule has 1 N–H and O–H groups in total. The SMILES string of the molecule is Cc1[nH]c2ccc3c(c2c1C(=O)OCc1cc2ccccc2o1)CC1CCCN2CCCCC12O3. The van der Waals surface area contributed by atoms with Gasteiger partial charge in [-0.3, -0.25) is 4.90 Å². The van der Waals surface area contributed by atoms with Crippen LogP contribution in [0.2, 0.25) is 0 Å². The summed E-state index contributed by atoms with van der Waals surface area (Å²) in [5, 5.41) is 1.96. The number of hydrogen-bond donors (Lipinski definition) is 1. The number of fused-ring (bicyclic) bond motifs is 4. The normalized spacial score (nSPS) is 24.0. The number of piperidine rings is 2. The van der Waals surface area contributed by atoms with Crippen molar-refractivity contribution < 1.29 is 18.7 Å². The summed E-state index contributed by atoms with van der Waals surface area (Å²) in [4.78, 5) is 19.4. The van der Waals surface area contributed by atoms with Gasteiger partial charge >= 0.3 is 5.97 Å². The van der Waals surface area contributed by atoms with Crippen molar-refractivity contribution in [1.82, 2.24) is 9.88 Å². The molecule has 1 spiro atoms. The first kappa shape index (κ1) is 21.1. The minimum Gasteiger partial charge on any atom is -0.472 e. The number of esters is 1. The molecule has 2 aromatic carbocycles. The number of rotatable bonds is 3. The van der Waals surface area contributed by atoms with Crippen molar-refractivity contribution in [3.05, 3.63) is 65.0 Å². The summed E-state index contributed by atoms with van der Waals surface area (Å²) in [7, 11) is 0. The van der Waals surface area contributed by atoms with E-state index in [0.29, 0.717) is 17.2 Å². The Balaban J connectivity index is 1.23. The van der Waals surface area contributed by atoms with Gasteiger partial charge in [0.05, 0.1) is 5.56 Å². The van der Waals surface area contributed by atoms with Gasteiger partial charge < -0.3 is 18.9 Å². The second kappa shape index (κ2) is 7.89. The van der Waals surface area contributed by atoms with Crippen molar-refractivity contribution in [2.75, 3.05) is 13.1 Å². The van der Waals surface area contributed by atoms with Crippen LogP contribution in [0.1, 0.15) is 59.5 Å². The Morgan fingerprint density at radius 2 is 2.06 bits per heavy atom. The number of para-hydroxylation sites is 1. The minimum atomic E-state index is -0.328. The molecule has 6 nitrogen and oxygen atoms in total. The number of nitrogens with zero attached hydrogens (tertiary/aromatic N) is 1. The van der Waals surface area contributed by atoms with Crippen molar-refractivity contribution in [1.29, 1.82) is 0 Å². The maximum absolute atomic E-state index is 13.4. The molecule has 2 fully saturated rings. The lowest BCUT2D eigenvalue weighted by Crippen LogP contribution is -2.64. The van der Waals surface area contributed by atoms with Gasteiger partial charge in [0.25, 0.3) is 0 Å². The van der Waals surface area contributed by atoms with Crippen molar-refractivity contribution in [2.45, 2.75) is 57.8 Å². The van der Waals surface area contributed by atoms with Crippen LogP contribution in [-0.2, 0) is 17.8 Å². The highest BCUT2D eigenvalue weighted by molar-refractivity contribution is 6.07. The molecular weight excluding hydrogens is 440 g/mol. The molecule has 7 rings (SSSR count). The number of carbonyl (C=O) groups is 1. The molecule has 0 aliphatic carbocycles. The first-order valence-electron chi connectivity index (χ1n) is 12.9. The molecule has 0 radical (unpaired) electrons. The van der Waals surface area contributed by atoms with Crippen LogP contribution < -0.4 is 4.74 Å². The van der Waals surface area contributed by atoms with Gasteiger partial charge in [0, 0.05) is 53.0 Å². The number of benzene rings is 2. The van der Waals surface area contributed by atoms with Crippen LogP contribution in [0.15, 0.2) is 46.9 Å². The molecule has 0 saturated carbocycles. The van der Waals surface area contributed by atoms with Gasteiger partial charge in [0.2, 0.25) is 0 Å². The molecule has 3 aliphatic rings. The molecular formula is C29H30N2O4. The third-order valence-corrected chi connectivity index (χ3v) is 8.35. The first-order chi connectivity index (χ1) is 17.1. The predicted molar refractivity (Wildman–Crippen MR) is 134 cm³/mol. The molecule has 2 aromatic heterocycles. The van der Waals surface area contributed by atoms with E-state index in [1.807, 2.05) is 43.3 Å². The number of carbonyl (C=O) groups excluding carboxylic acids is 1. The number of aryl methyl sites for hydroxylation is 1. The summed E-state index contributed by atoms with van der Waals surface area (Å²) in [5.41, 5.74) is 4.17. The lowest BCUT2D eigenvalue weighted by Gasteiger charge is -2.56. The number of furan rings is 1. The van der Waals surface area contributed by atoms with E-state index in [-0.39, 0.29) is 18.3 Å². The molecule has 3 aliphatic heterocycles. The Hall–Kier alpha value is -3.25. The Kier molecular flexibility index (Phi) is 4.75. The van der Waals surface area contributed by atoms with E-state index in [0.717, 1.165) is 64.8 Å². The van der Waals surface area contributed by atoms with Crippen LogP contribution in [0.5, 0.6) is 5.75 Å². The summed E-state index contributed by atoms with van der Waals surface area (Å²) in [5.74, 6) is 1.69. The molecule has 2 saturated heterocycles. The molecule has 2 atom stereocenters. The van der Waals surface area contributed by atoms with Crippen LogP contribution >= 0.6 is 0 Å². The third-order valence-electron chi connectivity index (χ3n) is 8.35. The molecule has 180 valence electrons. The van der Waals surface area contributed by atoms with Crippen LogP contribution in [0.3, 0.4) is 0 Å². The topological polar surface area (TPSA) is 67.7 Å². The van der Waals surface area contributed by atoms with Gasteiger partial charge in [0.15, 0.2) is 5.72 Å². The number of aromatic amines is 1. The standard InChI is InChI=1S/C29H30N2O4/c1-18-26(28(32)33-17-21-15-19-7-2-3-9-24(19)34-21)27-22-16-20-8-6-14-31-13-5-4-12-29(20,31)35-25(22)11-10-23(27)30-18/h2-3,7,9-11,15,20,30H,4-6,8,12-14,16-17H2,1H3. The summed E-state index contributed by atoms with van der Waals surface area (Å²) in [6.45, 7) is 4.29. The van der Waals surface area contributed by atoms with E-state index in [2.05, 4.69) is 16.0 Å². The van der Waals surface area contributed by atoms with Crippen LogP contribution in [-0.4, -0.2) is 34.7 Å². The van der Waals surface area contributed by atoms with Crippen molar-refractivity contribution in [3.63, 3.8) is 0 Å². The summed E-state index contributed by atoms with van der Waals surface area (Å²) < 4.78 is 18.5. The monoisotopic (exact) mass is 470 g/mol. The largest absolute Gasteiger partial charge is 0.472 e. The van der Waals surface area contributed by atoms with Gasteiger partial charge in [0.1, 0.15) is 23.7 Å². The van der Waals surface area contributed by atoms with E-state index in [1.54, 1.807) is 0 Å². The summed E-state index contributed by atoms with van der Waals surface area (Å²) >= 11 is 0. The van der Waals surface area contributed by atoms with Gasteiger partial charge in [-0.05, 0) is 63.3 Å². The highest BCUT2D eigenvalue weighted by Crippen LogP contribution is 2.50. The fourth-order valence-corrected chi connectivity index (χ4v) is 6.78. The third kappa shape index (κ3) is 3.23. The molecule has 6 heteroatoms. The smallest absolute Gasteiger partial charge is 0.341 e. The second-order valence-corrected chi connectivity index (χ2v) is 10.4. The fourth-order valence-electron chi connectivity index (χ4n) is 6.78. The molecule has 0 amide bonds. The maximum Gasteiger partial charge on any atom is 0.341 e. The Morgan fingerprint density at radius 1 is 1.17 bits per heavy atom. The highest BCUT2D eigenvalue weighted by Gasteiger charge is 2.52. The first-order valence-corrected chi connectivity index (χ1v) is 12.9. The maximum atomic E-state index is 13.4. The van der Waals surface area contributed by atoms with Gasteiger partial charge in [-0.15, -0.1) is 0 Å². The zero-order valence-electron chi connectivity index (χ0n) is 20.1. The average Bonchev–Trinajstić information content (AvgIpc) is 3.45. The van der Waals surface area contributed by atoms with Gasteiger partial charge in [-0.2, -0.15) is 0 Å². The van der Waals surface area contributed by atoms with E-state index >= 15 is 0 Å². The molecule has 35 heavy (non-hydrogen) atoms. The van der Waals surface area contributed by atoms with Crippen LogP contribution in [0.25, 0.3) is 21.9 Å². The minimum absolute atomic E-state index is 0.103. The van der Waals surface area contributed by atoms with Gasteiger partial charge in [-0.1, -0.05) is 18.2 Å². The average molecular weight is 471 g/mol. The van der Waals surface area contributed by atoms with E-state index in [4.69, 9.17) is 13.9 Å². The van der Waals surface area contributed by atoms with Gasteiger partial charge in [-0.25, -0.2) is 4.79 Å². The molecule has 2 unspecified atom stereocenters. The van der Waals surface area contributed by atoms with Crippen molar-refractivity contribution in [3.8, 4) is 5.75 Å². The van der Waals surface area contributed by atoms with E-state index in [9.17, 15) is 4.79 Å². The Labute approximate surface area is 204 Å². The number of aromatic nitrogens is 1. The molecule has 0 bridgehead atoms. The molecule has 4 aromatic rings.